The van der Waals surface area contributed by atoms with Crippen molar-refractivity contribution >= 4 is 6.09 Å². The molecule has 0 radical (unpaired) electrons. The Hall–Kier alpha value is -1.21. The van der Waals surface area contributed by atoms with Crippen molar-refractivity contribution in [2.45, 2.75) is 59.3 Å². The van der Waals surface area contributed by atoms with Gasteiger partial charge in [0.2, 0.25) is 0 Å². The molecular weight excluding hydrogens is 230 g/mol. The molecule has 0 saturated carbocycles. The topological polar surface area (TPSA) is 38.8 Å². The third kappa shape index (κ3) is 5.92. The summed E-state index contributed by atoms with van der Waals surface area (Å²) in [5.41, 5.74) is -0.988. The Bertz CT molecular complexity index is 310. The molecule has 0 aromatic heterocycles. The van der Waals surface area contributed by atoms with Crippen LogP contribution in [0, 0.1) is 12.3 Å². The zero-order chi connectivity index (χ0) is 14.4. The van der Waals surface area contributed by atoms with Gasteiger partial charge in [-0.3, -0.25) is 4.90 Å². The van der Waals surface area contributed by atoms with E-state index in [1.807, 2.05) is 41.5 Å². The quantitative estimate of drug-likeness (QED) is 0.625. The van der Waals surface area contributed by atoms with Crippen LogP contribution in [0.25, 0.3) is 0 Å². The number of amides is 1. The average Bonchev–Trinajstić information content (AvgIpc) is 2.56. The number of carbonyl (C=O) groups is 1. The van der Waals surface area contributed by atoms with Crippen molar-refractivity contribution in [3.63, 3.8) is 0 Å². The lowest BCUT2D eigenvalue weighted by molar-refractivity contribution is -0.0590. The number of carbonyl (C=O) groups excluding carboxylic acids is 1. The first kappa shape index (κ1) is 16.8. The molecule has 18 heavy (non-hydrogen) atoms. The molecule has 1 rings (SSSR count). The largest absolute Gasteiger partial charge is 0.444 e. The van der Waals surface area contributed by atoms with Gasteiger partial charge in [0.25, 0.3) is 0 Å². The summed E-state index contributed by atoms with van der Waals surface area (Å²) >= 11 is 0. The Labute approximate surface area is 111 Å². The SMILES string of the molecule is C#CCC.CC(C)(C)OC(=O)N1CCOC1(C)C. The van der Waals surface area contributed by atoms with Crippen molar-refractivity contribution in [1.82, 2.24) is 4.90 Å². The van der Waals surface area contributed by atoms with Crippen molar-refractivity contribution in [3.8, 4) is 12.3 Å². The summed E-state index contributed by atoms with van der Waals surface area (Å²) in [5, 5.41) is 0. The summed E-state index contributed by atoms with van der Waals surface area (Å²) in [6.45, 7) is 12.4. The van der Waals surface area contributed by atoms with Gasteiger partial charge in [-0.2, -0.15) is 0 Å². The molecule has 104 valence electrons. The van der Waals surface area contributed by atoms with E-state index in [4.69, 9.17) is 15.9 Å². The monoisotopic (exact) mass is 255 g/mol. The Kier molecular flexibility index (Phi) is 6.20. The molecule has 0 bridgehead atoms. The molecule has 1 aliphatic heterocycles. The third-order valence-electron chi connectivity index (χ3n) is 2.24. The highest BCUT2D eigenvalue weighted by molar-refractivity contribution is 5.69. The number of hydrogen-bond donors (Lipinski definition) is 0. The molecule has 1 fully saturated rings. The predicted octanol–water partition coefficient (Wildman–Crippen LogP) is 3.02. The van der Waals surface area contributed by atoms with Gasteiger partial charge in [-0.15, -0.1) is 12.3 Å². The van der Waals surface area contributed by atoms with Crippen molar-refractivity contribution in [2.24, 2.45) is 0 Å². The van der Waals surface area contributed by atoms with Crippen LogP contribution in [0.4, 0.5) is 4.79 Å². The highest BCUT2D eigenvalue weighted by Gasteiger charge is 2.38. The maximum atomic E-state index is 11.7. The molecule has 0 aromatic carbocycles. The Morgan fingerprint density at radius 2 is 2.00 bits per heavy atom. The fourth-order valence-electron chi connectivity index (χ4n) is 1.36. The van der Waals surface area contributed by atoms with Gasteiger partial charge in [-0.05, 0) is 34.6 Å². The van der Waals surface area contributed by atoms with Gasteiger partial charge in [-0.1, -0.05) is 6.92 Å². The van der Waals surface area contributed by atoms with Gasteiger partial charge in [-0.25, -0.2) is 4.79 Å². The Morgan fingerprint density at radius 3 is 2.28 bits per heavy atom. The Morgan fingerprint density at radius 1 is 1.50 bits per heavy atom. The lowest BCUT2D eigenvalue weighted by atomic mass is 10.2. The fourth-order valence-corrected chi connectivity index (χ4v) is 1.36. The van der Waals surface area contributed by atoms with Crippen LogP contribution in [0.3, 0.4) is 0 Å². The minimum absolute atomic E-state index is 0.306. The van der Waals surface area contributed by atoms with Gasteiger partial charge >= 0.3 is 6.09 Å². The van der Waals surface area contributed by atoms with Crippen LogP contribution in [0.2, 0.25) is 0 Å². The second kappa shape index (κ2) is 6.65. The van der Waals surface area contributed by atoms with Crippen LogP contribution in [-0.2, 0) is 9.47 Å². The van der Waals surface area contributed by atoms with Gasteiger partial charge in [0, 0.05) is 6.42 Å². The van der Waals surface area contributed by atoms with E-state index in [1.54, 1.807) is 4.90 Å². The van der Waals surface area contributed by atoms with E-state index < -0.39 is 11.3 Å². The maximum absolute atomic E-state index is 11.7. The van der Waals surface area contributed by atoms with Crippen LogP contribution < -0.4 is 0 Å². The summed E-state index contributed by atoms with van der Waals surface area (Å²) in [6, 6.07) is 0. The van der Waals surface area contributed by atoms with Crippen LogP contribution >= 0.6 is 0 Å². The number of nitrogens with zero attached hydrogens (tertiary/aromatic N) is 1. The molecule has 4 nitrogen and oxygen atoms in total. The predicted molar refractivity (Wildman–Crippen MR) is 72.1 cm³/mol. The van der Waals surface area contributed by atoms with Crippen molar-refractivity contribution < 1.29 is 14.3 Å². The van der Waals surface area contributed by atoms with Gasteiger partial charge in [0.05, 0.1) is 13.2 Å². The van der Waals surface area contributed by atoms with E-state index in [-0.39, 0.29) is 6.09 Å². The summed E-state index contributed by atoms with van der Waals surface area (Å²) in [6.07, 6.45) is 5.32. The molecule has 0 N–H and O–H groups in total. The molecule has 0 atom stereocenters. The molecule has 1 heterocycles. The normalized spacial score (nSPS) is 17.5. The molecule has 1 amide bonds. The second-order valence-corrected chi connectivity index (χ2v) is 5.48. The van der Waals surface area contributed by atoms with Crippen LogP contribution in [0.5, 0.6) is 0 Å². The number of ether oxygens (including phenoxy) is 2. The molecule has 0 aromatic rings. The first-order valence-electron chi connectivity index (χ1n) is 6.22. The second-order valence-electron chi connectivity index (χ2n) is 5.48. The Balaban J connectivity index is 0.000000631. The summed E-state index contributed by atoms with van der Waals surface area (Å²) < 4.78 is 10.7. The standard InChI is InChI=1S/C10H19NO3.C4H6/c1-9(2,3)14-8(12)11-6-7-13-10(11,4)5;1-3-4-2/h6-7H2,1-5H3;1H,4H2,2H3. The van der Waals surface area contributed by atoms with Crippen LogP contribution in [0.1, 0.15) is 48.0 Å². The zero-order valence-electron chi connectivity index (χ0n) is 12.4. The van der Waals surface area contributed by atoms with E-state index in [9.17, 15) is 4.79 Å². The first-order chi connectivity index (χ1) is 8.14. The third-order valence-corrected chi connectivity index (χ3v) is 2.24. The molecule has 1 aliphatic rings. The molecule has 0 unspecified atom stereocenters. The fraction of sp³-hybridized carbons (Fsp3) is 0.786. The van der Waals surface area contributed by atoms with Gasteiger partial charge in [0.1, 0.15) is 11.3 Å². The zero-order valence-corrected chi connectivity index (χ0v) is 12.4. The van der Waals surface area contributed by atoms with Crippen LogP contribution in [0.15, 0.2) is 0 Å². The van der Waals surface area contributed by atoms with E-state index in [0.29, 0.717) is 13.2 Å². The lowest BCUT2D eigenvalue weighted by Crippen LogP contribution is -2.45. The average molecular weight is 255 g/mol. The number of terminal acetylenes is 1. The molecule has 1 saturated heterocycles. The molecule has 0 spiro atoms. The lowest BCUT2D eigenvalue weighted by Gasteiger charge is -2.31. The minimum atomic E-state index is -0.539. The number of hydrogen-bond acceptors (Lipinski definition) is 3. The minimum Gasteiger partial charge on any atom is -0.444 e. The summed E-state index contributed by atoms with van der Waals surface area (Å²) in [4.78, 5) is 13.3. The van der Waals surface area contributed by atoms with Crippen molar-refractivity contribution in [2.75, 3.05) is 13.2 Å². The molecule has 4 heteroatoms. The smallest absolute Gasteiger partial charge is 0.412 e. The summed E-state index contributed by atoms with van der Waals surface area (Å²) in [7, 11) is 0. The van der Waals surface area contributed by atoms with Crippen LogP contribution in [-0.4, -0.2) is 35.5 Å². The summed E-state index contributed by atoms with van der Waals surface area (Å²) in [5.74, 6) is 2.43. The highest BCUT2D eigenvalue weighted by Crippen LogP contribution is 2.24. The van der Waals surface area contributed by atoms with Gasteiger partial charge < -0.3 is 9.47 Å². The van der Waals surface area contributed by atoms with Crippen molar-refractivity contribution in [3.05, 3.63) is 0 Å². The first-order valence-corrected chi connectivity index (χ1v) is 6.22. The van der Waals surface area contributed by atoms with Gasteiger partial charge in [0.15, 0.2) is 0 Å². The number of rotatable bonds is 0. The van der Waals surface area contributed by atoms with E-state index in [2.05, 4.69) is 5.92 Å². The van der Waals surface area contributed by atoms with E-state index in [0.717, 1.165) is 6.42 Å². The molecule has 0 aliphatic carbocycles. The van der Waals surface area contributed by atoms with Crippen molar-refractivity contribution in [1.29, 1.82) is 0 Å². The highest BCUT2D eigenvalue weighted by atomic mass is 16.6. The van der Waals surface area contributed by atoms with E-state index in [1.165, 1.54) is 0 Å². The molecular formula is C14H25NO3. The maximum Gasteiger partial charge on any atom is 0.412 e. The van der Waals surface area contributed by atoms with E-state index >= 15 is 0 Å².